The molecule has 0 bridgehead atoms. The van der Waals surface area contributed by atoms with Gasteiger partial charge in [0.2, 0.25) is 0 Å². The van der Waals surface area contributed by atoms with E-state index in [1.54, 1.807) is 30.3 Å². The molecule has 4 nitrogen and oxygen atoms in total. The summed E-state index contributed by atoms with van der Waals surface area (Å²) in [4.78, 5) is 11.8. The van der Waals surface area contributed by atoms with Crippen molar-refractivity contribution in [3.63, 3.8) is 0 Å². The number of hydrogen-bond donors (Lipinski definition) is 1. The molecule has 0 atom stereocenters. The van der Waals surface area contributed by atoms with E-state index in [0.717, 1.165) is 6.54 Å². The smallest absolute Gasteiger partial charge is 0.283 e. The van der Waals surface area contributed by atoms with E-state index in [1.165, 1.54) is 23.9 Å². The van der Waals surface area contributed by atoms with Gasteiger partial charge in [-0.25, -0.2) is 4.39 Å². The predicted octanol–water partition coefficient (Wildman–Crippen LogP) is 3.99. The van der Waals surface area contributed by atoms with Crippen LogP contribution in [0.5, 0.6) is 0 Å². The third-order valence-electron chi connectivity index (χ3n) is 2.91. The predicted molar refractivity (Wildman–Crippen MR) is 81.0 cm³/mol. The Hall–Kier alpha value is -1.92. The number of nitro groups is 1. The van der Waals surface area contributed by atoms with E-state index in [1.807, 2.05) is 6.92 Å². The maximum atomic E-state index is 13.9. The molecule has 0 unspecified atom stereocenters. The lowest BCUT2D eigenvalue weighted by atomic mass is 10.2. The van der Waals surface area contributed by atoms with Gasteiger partial charge in [-0.15, -0.1) is 0 Å². The summed E-state index contributed by atoms with van der Waals surface area (Å²) in [5.41, 5.74) is 0.559. The highest BCUT2D eigenvalue weighted by atomic mass is 32.2. The van der Waals surface area contributed by atoms with E-state index < -0.39 is 4.92 Å². The Balaban J connectivity index is 2.36. The minimum atomic E-state index is -0.425. The summed E-state index contributed by atoms with van der Waals surface area (Å²) in [6.07, 6.45) is 0. The van der Waals surface area contributed by atoms with Gasteiger partial charge in [0.15, 0.2) is 0 Å². The van der Waals surface area contributed by atoms with E-state index in [0.29, 0.717) is 21.9 Å². The third kappa shape index (κ3) is 3.80. The number of benzene rings is 2. The van der Waals surface area contributed by atoms with Crippen LogP contribution in [0.1, 0.15) is 12.5 Å². The number of nitro benzene ring substituents is 1. The van der Waals surface area contributed by atoms with Gasteiger partial charge in [-0.05, 0) is 24.7 Å². The molecule has 21 heavy (non-hydrogen) atoms. The third-order valence-corrected chi connectivity index (χ3v) is 4.08. The number of rotatable bonds is 6. The summed E-state index contributed by atoms with van der Waals surface area (Å²) >= 11 is 1.21. The molecule has 0 aliphatic carbocycles. The maximum absolute atomic E-state index is 13.9. The molecule has 0 radical (unpaired) electrons. The molecule has 110 valence electrons. The molecule has 0 fully saturated rings. The molecule has 0 spiro atoms. The second-order valence-electron chi connectivity index (χ2n) is 4.32. The van der Waals surface area contributed by atoms with Crippen LogP contribution >= 0.6 is 11.8 Å². The molecule has 0 aromatic heterocycles. The molecule has 0 amide bonds. The highest BCUT2D eigenvalue weighted by molar-refractivity contribution is 7.99. The van der Waals surface area contributed by atoms with Crippen LogP contribution in [0.3, 0.4) is 0 Å². The lowest BCUT2D eigenvalue weighted by Gasteiger charge is -2.10. The second kappa shape index (κ2) is 7.19. The van der Waals surface area contributed by atoms with Gasteiger partial charge in [0.25, 0.3) is 5.69 Å². The van der Waals surface area contributed by atoms with Crippen LogP contribution in [-0.2, 0) is 6.54 Å². The lowest BCUT2D eigenvalue weighted by molar-refractivity contribution is -0.387. The summed E-state index contributed by atoms with van der Waals surface area (Å²) in [7, 11) is 0. The van der Waals surface area contributed by atoms with Crippen molar-refractivity contribution in [3.8, 4) is 0 Å². The minimum Gasteiger partial charge on any atom is -0.313 e. The van der Waals surface area contributed by atoms with Crippen LogP contribution in [0.2, 0.25) is 0 Å². The first kappa shape index (κ1) is 15.5. The van der Waals surface area contributed by atoms with Gasteiger partial charge in [0.05, 0.1) is 9.82 Å². The first-order chi connectivity index (χ1) is 10.1. The normalized spacial score (nSPS) is 10.6. The number of hydrogen-bond acceptors (Lipinski definition) is 4. The molecule has 0 aliphatic heterocycles. The maximum Gasteiger partial charge on any atom is 0.283 e. The zero-order valence-electron chi connectivity index (χ0n) is 11.5. The van der Waals surface area contributed by atoms with Gasteiger partial charge < -0.3 is 5.32 Å². The Morgan fingerprint density at radius 1 is 1.19 bits per heavy atom. The van der Waals surface area contributed by atoms with Gasteiger partial charge in [-0.3, -0.25) is 10.1 Å². The van der Waals surface area contributed by atoms with Crippen LogP contribution < -0.4 is 5.32 Å². The Labute approximate surface area is 126 Å². The first-order valence-electron chi connectivity index (χ1n) is 6.53. The van der Waals surface area contributed by atoms with Crippen molar-refractivity contribution in [2.24, 2.45) is 0 Å². The first-order valence-corrected chi connectivity index (χ1v) is 7.34. The zero-order chi connectivity index (χ0) is 15.2. The van der Waals surface area contributed by atoms with Gasteiger partial charge in [-0.1, -0.05) is 36.9 Å². The van der Waals surface area contributed by atoms with Gasteiger partial charge in [0, 0.05) is 23.1 Å². The van der Waals surface area contributed by atoms with Crippen molar-refractivity contribution in [1.29, 1.82) is 0 Å². The van der Waals surface area contributed by atoms with E-state index in [9.17, 15) is 14.5 Å². The summed E-state index contributed by atoms with van der Waals surface area (Å²) in [5, 5.41) is 14.1. The topological polar surface area (TPSA) is 55.2 Å². The average molecular weight is 306 g/mol. The van der Waals surface area contributed by atoms with Gasteiger partial charge in [-0.2, -0.15) is 0 Å². The van der Waals surface area contributed by atoms with E-state index >= 15 is 0 Å². The molecule has 0 saturated carbocycles. The van der Waals surface area contributed by atoms with Gasteiger partial charge >= 0.3 is 0 Å². The Bertz CT molecular complexity index is 649. The number of nitrogens with zero attached hydrogens (tertiary/aromatic N) is 1. The molecule has 2 rings (SSSR count). The fourth-order valence-corrected chi connectivity index (χ4v) is 2.94. The van der Waals surface area contributed by atoms with Crippen LogP contribution in [0, 0.1) is 15.9 Å². The van der Waals surface area contributed by atoms with Crippen molar-refractivity contribution in [2.75, 3.05) is 6.54 Å². The second-order valence-corrected chi connectivity index (χ2v) is 5.41. The summed E-state index contributed by atoms with van der Waals surface area (Å²) < 4.78 is 13.9. The average Bonchev–Trinajstić information content (AvgIpc) is 2.47. The molecule has 2 aromatic carbocycles. The number of para-hydroxylation sites is 1. The van der Waals surface area contributed by atoms with Crippen LogP contribution in [0.4, 0.5) is 10.1 Å². The van der Waals surface area contributed by atoms with Crippen molar-refractivity contribution in [3.05, 3.63) is 64.0 Å². The highest BCUT2D eigenvalue weighted by Crippen LogP contribution is 2.36. The summed E-state index contributed by atoms with van der Waals surface area (Å²) in [6.45, 7) is 3.06. The standard InChI is InChI=1S/C15H15FN2O2S/c1-2-17-10-11-12(16)6-5-9-14(11)21-15-8-4-3-7-13(15)18(19)20/h3-9,17H,2,10H2,1H3. The summed E-state index contributed by atoms with van der Waals surface area (Å²) in [6, 6.07) is 11.3. The van der Waals surface area contributed by atoms with Crippen molar-refractivity contribution in [1.82, 2.24) is 5.32 Å². The fraction of sp³-hybridized carbons (Fsp3) is 0.200. The molecule has 1 N–H and O–H groups in total. The van der Waals surface area contributed by atoms with E-state index in [4.69, 9.17) is 0 Å². The van der Waals surface area contributed by atoms with Crippen molar-refractivity contribution in [2.45, 2.75) is 23.3 Å². The number of halogens is 1. The van der Waals surface area contributed by atoms with Crippen LogP contribution in [-0.4, -0.2) is 11.5 Å². The monoisotopic (exact) mass is 306 g/mol. The van der Waals surface area contributed by atoms with E-state index in [-0.39, 0.29) is 11.5 Å². The quantitative estimate of drug-likeness (QED) is 0.647. The minimum absolute atomic E-state index is 0.0289. The highest BCUT2D eigenvalue weighted by Gasteiger charge is 2.16. The molecular weight excluding hydrogens is 291 g/mol. The van der Waals surface area contributed by atoms with Crippen LogP contribution in [0.15, 0.2) is 52.3 Å². The zero-order valence-corrected chi connectivity index (χ0v) is 12.3. The summed E-state index contributed by atoms with van der Waals surface area (Å²) in [5.74, 6) is -0.306. The lowest BCUT2D eigenvalue weighted by Crippen LogP contribution is -2.13. The van der Waals surface area contributed by atoms with Crippen molar-refractivity contribution < 1.29 is 9.31 Å². The Kier molecular flexibility index (Phi) is 5.30. The van der Waals surface area contributed by atoms with Gasteiger partial charge in [0.1, 0.15) is 5.82 Å². The Morgan fingerprint density at radius 3 is 2.62 bits per heavy atom. The molecule has 6 heteroatoms. The molecule has 0 aliphatic rings. The SMILES string of the molecule is CCNCc1c(F)cccc1Sc1ccccc1[N+](=O)[O-]. The van der Waals surface area contributed by atoms with E-state index in [2.05, 4.69) is 5.32 Å². The number of nitrogens with one attached hydrogen (secondary N) is 1. The van der Waals surface area contributed by atoms with Crippen LogP contribution in [0.25, 0.3) is 0 Å². The largest absolute Gasteiger partial charge is 0.313 e. The van der Waals surface area contributed by atoms with Crippen molar-refractivity contribution >= 4 is 17.4 Å². The molecule has 0 heterocycles. The Morgan fingerprint density at radius 2 is 1.90 bits per heavy atom. The fourth-order valence-electron chi connectivity index (χ4n) is 1.87. The molecule has 2 aromatic rings. The molecular formula is C15H15FN2O2S. The molecule has 0 saturated heterocycles.